The molecular formula is C66H81N10O4Pt4-7. The summed E-state index contributed by atoms with van der Waals surface area (Å²) in [5.41, 5.74) is 8.87. The van der Waals surface area contributed by atoms with Gasteiger partial charge >= 0.3 is 46.3 Å². The van der Waals surface area contributed by atoms with Crippen molar-refractivity contribution in [1.29, 1.82) is 0 Å². The van der Waals surface area contributed by atoms with E-state index in [1.807, 2.05) is 178 Å². The van der Waals surface area contributed by atoms with Gasteiger partial charge in [-0.15, -0.1) is 12.1 Å². The summed E-state index contributed by atoms with van der Waals surface area (Å²) < 4.78 is 24.0. The van der Waals surface area contributed by atoms with Crippen LogP contribution in [0.5, 0.6) is 11.5 Å². The predicted molar refractivity (Wildman–Crippen MR) is 322 cm³/mol. The van der Waals surface area contributed by atoms with Crippen LogP contribution in [0.3, 0.4) is 0 Å². The molecule has 4 aromatic carbocycles. The first kappa shape index (κ1) is 82.2. The van der Waals surface area contributed by atoms with Gasteiger partial charge in [0.25, 0.3) is 0 Å². The summed E-state index contributed by atoms with van der Waals surface area (Å²) in [6.07, 6.45) is 18.6. The minimum atomic E-state index is 0. The fraction of sp³-hybridized carbons (Fsp3) is 0.258. The van der Waals surface area contributed by atoms with Crippen LogP contribution in [0.25, 0.3) is 34.2 Å². The van der Waals surface area contributed by atoms with Crippen LogP contribution in [0, 0.1) is 72.7 Å². The number of hydrogen-bond acceptors (Lipinski definition) is 10. The quantitative estimate of drug-likeness (QED) is 0.158. The van der Waals surface area contributed by atoms with Crippen molar-refractivity contribution in [3.63, 3.8) is 0 Å². The standard InChI is InChI=1S/2C14H14N5.C10H14O.C6H6O.2C6H5.C4H9.2C3H7.2O.4Pt/c2*1-10-6-11(2)19(17-10)13-7-12(8-15-9-13)14-16-4-5-18(14)3;1-10(2,3)8-4-6-9(11)7-5-8;7-6-4-2-1-3-5-6;2*1-2-4-6-5-3-1;1-3-4-2;2*1-3-2;;;;;;/h2*4-6,8-9H,1-3H3;4-7,11H,1-3H3;1-5,7H;2*1-5H;1,3-4H2,2H3;2*1,3H2,2H3;;;;;;/q2*-1;;;5*-1;;;;;;. The third kappa shape index (κ3) is 34.7. The number of benzene rings is 4. The number of rotatable bonds is 5. The Balaban J connectivity index is -0.000000934. The van der Waals surface area contributed by atoms with E-state index in [0.717, 1.165) is 116 Å². The van der Waals surface area contributed by atoms with Crippen molar-refractivity contribution in [3.8, 4) is 45.6 Å². The molecule has 0 atom stereocenters. The molecule has 0 bridgehead atoms. The zero-order valence-corrected chi connectivity index (χ0v) is 59.2. The average molecular weight is 1860 g/mol. The molecule has 10 rings (SSSR count). The molecule has 6 aromatic heterocycles. The Morgan fingerprint density at radius 2 is 0.869 bits per heavy atom. The van der Waals surface area contributed by atoms with Crippen molar-refractivity contribution in [2.24, 2.45) is 14.1 Å². The van der Waals surface area contributed by atoms with Gasteiger partial charge in [0, 0.05) is 104 Å². The second-order valence-electron chi connectivity index (χ2n) is 18.2. The molecule has 84 heavy (non-hydrogen) atoms. The van der Waals surface area contributed by atoms with Crippen molar-refractivity contribution in [2.45, 2.75) is 100 Å². The minimum absolute atomic E-state index is 0. The fourth-order valence-electron chi connectivity index (χ4n) is 6.28. The monoisotopic (exact) mass is 1860 g/mol. The molecule has 6 heterocycles. The van der Waals surface area contributed by atoms with Crippen LogP contribution in [0.2, 0.25) is 0 Å². The van der Waals surface area contributed by atoms with Gasteiger partial charge in [0.15, 0.2) is 0 Å². The van der Waals surface area contributed by atoms with E-state index in [1.165, 1.54) is 12.0 Å². The molecule has 466 valence electrons. The Kier molecular flexibility index (Phi) is 49.2. The maximum absolute atomic E-state index is 9.02. The van der Waals surface area contributed by atoms with E-state index in [1.54, 1.807) is 73.6 Å². The SMILES string of the molecule is CC(C)(C)c1ccc(O)cc1.Cc1cc(C)n(-c2[c-]c(-c3nccn3C)cnc2)n1.Cc1cc(C)n(-c2[c-]c(-c3nccn3C)cnc2)n1.Oc1ccccc1.[CH2-]CC.[CH2-]CC.[CH2-]CCC.[O]=[Pt].[O]=[Pt].[Pt].[Pt].[c-]1ccccc1.[c-]1ccccc1. The minimum Gasteiger partial charge on any atom is -0.184 e. The summed E-state index contributed by atoms with van der Waals surface area (Å²) in [5.74, 6) is 2.34. The van der Waals surface area contributed by atoms with Crippen molar-refractivity contribution in [3.05, 3.63) is 250 Å². The number of nitrogens with zero attached hydrogens (tertiary/aromatic N) is 10. The van der Waals surface area contributed by atoms with E-state index in [0.29, 0.717) is 11.5 Å². The first-order valence-corrected chi connectivity index (χ1v) is 28.1. The van der Waals surface area contributed by atoms with Gasteiger partial charge < -0.3 is 50.1 Å². The van der Waals surface area contributed by atoms with Crippen LogP contribution in [0.4, 0.5) is 0 Å². The number of aryl methyl sites for hydroxylation is 6. The number of phenols is 2. The van der Waals surface area contributed by atoms with Crippen LogP contribution < -0.4 is 0 Å². The summed E-state index contributed by atoms with van der Waals surface area (Å²) >= 11 is 1.78. The van der Waals surface area contributed by atoms with E-state index in [4.69, 9.17) is 17.0 Å². The Morgan fingerprint density at radius 3 is 1.10 bits per heavy atom. The Hall–Kier alpha value is -6.03. The van der Waals surface area contributed by atoms with Crippen molar-refractivity contribution in [1.82, 2.24) is 48.6 Å². The number of pyridine rings is 2. The summed E-state index contributed by atoms with van der Waals surface area (Å²) in [5, 5.41) is 26.5. The molecule has 2 N–H and O–H groups in total. The van der Waals surface area contributed by atoms with Crippen molar-refractivity contribution < 1.29 is 98.7 Å². The molecule has 0 radical (unpaired) electrons. The Morgan fingerprint density at radius 1 is 0.536 bits per heavy atom. The number of phenolic OH excluding ortho intramolecular Hbond substituents is 2. The molecule has 0 unspecified atom stereocenters. The largest absolute Gasteiger partial charge is 0.184 e. The number of aromatic hydroxyl groups is 2. The fourth-order valence-corrected chi connectivity index (χ4v) is 6.28. The van der Waals surface area contributed by atoms with Gasteiger partial charge in [-0.1, -0.05) is 102 Å². The van der Waals surface area contributed by atoms with Gasteiger partial charge in [0.05, 0.1) is 23.0 Å². The molecule has 0 fully saturated rings. The van der Waals surface area contributed by atoms with Crippen molar-refractivity contribution >= 4 is 0 Å². The summed E-state index contributed by atoms with van der Waals surface area (Å²) in [4.78, 5) is 17.1. The molecule has 0 amide bonds. The van der Waals surface area contributed by atoms with Gasteiger partial charge in [-0.2, -0.15) is 102 Å². The zero-order chi connectivity index (χ0) is 61.7. The molecule has 0 aliphatic rings. The molecule has 0 aliphatic heterocycles. The van der Waals surface area contributed by atoms with E-state index in [2.05, 4.69) is 103 Å². The number of imidazole rings is 2. The summed E-state index contributed by atoms with van der Waals surface area (Å²) in [7, 11) is 3.90. The van der Waals surface area contributed by atoms with Crippen molar-refractivity contribution in [2.75, 3.05) is 0 Å². The molecule has 18 heteroatoms. The maximum Gasteiger partial charge on any atom is 0 e. The summed E-state index contributed by atoms with van der Waals surface area (Å²) in [6.45, 7) is 31.2. The second kappa shape index (κ2) is 50.3. The Bertz CT molecular complexity index is 2900. The van der Waals surface area contributed by atoms with Crippen LogP contribution in [-0.4, -0.2) is 58.8 Å². The van der Waals surface area contributed by atoms with Crippen LogP contribution in [-0.2, 0) is 108 Å². The molecular weight excluding hydrogens is 1780 g/mol. The first-order chi connectivity index (χ1) is 39.4. The number of aromatic nitrogens is 10. The summed E-state index contributed by atoms with van der Waals surface area (Å²) in [6, 6.07) is 51.7. The van der Waals surface area contributed by atoms with E-state index in [-0.39, 0.29) is 47.5 Å². The van der Waals surface area contributed by atoms with E-state index < -0.39 is 0 Å². The average Bonchev–Trinajstić information content (AvgIpc) is 4.50. The normalized spacial score (nSPS) is 9.23. The van der Waals surface area contributed by atoms with Gasteiger partial charge in [-0.25, -0.2) is 0 Å². The van der Waals surface area contributed by atoms with Gasteiger partial charge in [-0.3, -0.25) is 19.3 Å². The molecule has 0 spiro atoms. The van der Waals surface area contributed by atoms with Gasteiger partial charge in [-0.05, 0) is 87.5 Å². The zero-order valence-electron chi connectivity index (χ0n) is 50.1. The Labute approximate surface area is 553 Å². The first-order valence-electron chi connectivity index (χ1n) is 26.2. The number of para-hydroxylation sites is 1. The molecule has 0 saturated carbocycles. The molecule has 0 saturated heterocycles. The van der Waals surface area contributed by atoms with Crippen LogP contribution in [0.1, 0.15) is 95.6 Å². The van der Waals surface area contributed by atoms with Crippen LogP contribution >= 0.6 is 0 Å². The van der Waals surface area contributed by atoms with Gasteiger partial charge in [0.2, 0.25) is 0 Å². The molecule has 14 nitrogen and oxygen atoms in total. The van der Waals surface area contributed by atoms with E-state index >= 15 is 0 Å². The number of unbranched alkanes of at least 4 members (excludes halogenated alkanes) is 1. The number of hydrogen-bond donors (Lipinski definition) is 2. The molecule has 0 aliphatic carbocycles. The smallest absolute Gasteiger partial charge is 0 e. The third-order valence-corrected chi connectivity index (χ3v) is 9.98. The molecule has 10 aromatic rings. The third-order valence-electron chi connectivity index (χ3n) is 9.98. The predicted octanol–water partition coefficient (Wildman–Crippen LogP) is 15.1. The topological polar surface area (TPSA) is 172 Å². The maximum atomic E-state index is 9.02. The van der Waals surface area contributed by atoms with Crippen LogP contribution in [0.15, 0.2) is 177 Å². The second-order valence-corrected chi connectivity index (χ2v) is 18.2. The van der Waals surface area contributed by atoms with Gasteiger partial charge in [0.1, 0.15) is 11.5 Å². The van der Waals surface area contributed by atoms with E-state index in [9.17, 15) is 0 Å².